The van der Waals surface area contributed by atoms with E-state index in [1.165, 1.54) is 10.1 Å². The predicted octanol–water partition coefficient (Wildman–Crippen LogP) is 3.35. The molecule has 2 N–H and O–H groups in total. The van der Waals surface area contributed by atoms with E-state index in [9.17, 15) is 9.59 Å². The fourth-order valence-electron chi connectivity index (χ4n) is 4.64. The van der Waals surface area contributed by atoms with E-state index in [2.05, 4.69) is 60.9 Å². The van der Waals surface area contributed by atoms with Crippen LogP contribution in [-0.4, -0.2) is 38.0 Å². The van der Waals surface area contributed by atoms with Crippen LogP contribution < -0.4 is 21.9 Å². The zero-order chi connectivity index (χ0) is 25.1. The van der Waals surface area contributed by atoms with Crippen molar-refractivity contribution < 1.29 is 0 Å². The van der Waals surface area contributed by atoms with Gasteiger partial charge >= 0.3 is 5.69 Å². The summed E-state index contributed by atoms with van der Waals surface area (Å²) >= 11 is 0. The van der Waals surface area contributed by atoms with Crippen molar-refractivity contribution in [2.75, 3.05) is 18.4 Å². The number of aromatic nitrogens is 4. The lowest BCUT2D eigenvalue weighted by Crippen LogP contribution is -2.39. The van der Waals surface area contributed by atoms with Crippen LogP contribution in [0, 0.1) is 5.92 Å². The molecule has 0 aliphatic carbocycles. The van der Waals surface area contributed by atoms with E-state index in [4.69, 9.17) is 5.10 Å². The number of fused-ring (bicyclic) bond motifs is 1. The fraction of sp³-hybridized carbons (Fsp3) is 0.444. The van der Waals surface area contributed by atoms with Gasteiger partial charge in [-0.2, -0.15) is 5.10 Å². The summed E-state index contributed by atoms with van der Waals surface area (Å²) in [6.07, 6.45) is 7.18. The van der Waals surface area contributed by atoms with E-state index in [0.717, 1.165) is 30.6 Å². The average Bonchev–Trinajstić information content (AvgIpc) is 3.48. The number of hydrogen-bond acceptors (Lipinski definition) is 5. The lowest BCUT2D eigenvalue weighted by molar-refractivity contribution is 0.498. The maximum absolute atomic E-state index is 13.3. The Hall–Kier alpha value is -3.39. The Kier molecular flexibility index (Phi) is 7.40. The third-order valence-corrected chi connectivity index (χ3v) is 6.45. The second kappa shape index (κ2) is 10.5. The molecule has 3 aromatic rings. The van der Waals surface area contributed by atoms with Crippen molar-refractivity contribution in [3.05, 3.63) is 74.5 Å². The first-order valence-corrected chi connectivity index (χ1v) is 12.4. The second-order valence-corrected chi connectivity index (χ2v) is 9.63. The maximum Gasteiger partial charge on any atom is 0.332 e. The molecular formula is C27H36N6O2. The Labute approximate surface area is 206 Å². The molecular weight excluding hydrogens is 440 g/mol. The van der Waals surface area contributed by atoms with Crippen LogP contribution in [-0.2, 0) is 20.1 Å². The van der Waals surface area contributed by atoms with Crippen molar-refractivity contribution in [3.8, 4) is 0 Å². The summed E-state index contributed by atoms with van der Waals surface area (Å²) in [5.74, 6) is 0.915. The molecule has 1 aliphatic heterocycles. The van der Waals surface area contributed by atoms with Crippen molar-refractivity contribution in [1.82, 2.24) is 24.2 Å². The lowest BCUT2D eigenvalue weighted by atomic mass is 10.0. The van der Waals surface area contributed by atoms with Gasteiger partial charge in [0.1, 0.15) is 11.2 Å². The van der Waals surface area contributed by atoms with Crippen molar-refractivity contribution in [2.45, 2.75) is 53.2 Å². The molecule has 8 heteroatoms. The van der Waals surface area contributed by atoms with Crippen LogP contribution in [0.3, 0.4) is 0 Å². The van der Waals surface area contributed by atoms with Gasteiger partial charge in [-0.15, -0.1) is 0 Å². The van der Waals surface area contributed by atoms with E-state index < -0.39 is 0 Å². The van der Waals surface area contributed by atoms with Crippen LogP contribution in [0.5, 0.6) is 0 Å². The number of rotatable bonds is 8. The van der Waals surface area contributed by atoms with Crippen LogP contribution in [0.1, 0.15) is 45.2 Å². The van der Waals surface area contributed by atoms with E-state index >= 15 is 0 Å². The predicted molar refractivity (Wildman–Crippen MR) is 143 cm³/mol. The van der Waals surface area contributed by atoms with Crippen molar-refractivity contribution in [2.24, 2.45) is 13.0 Å². The third kappa shape index (κ3) is 5.03. The third-order valence-electron chi connectivity index (χ3n) is 6.45. The van der Waals surface area contributed by atoms with Gasteiger partial charge in [0.05, 0.1) is 6.54 Å². The van der Waals surface area contributed by atoms with E-state index in [1.807, 2.05) is 24.6 Å². The summed E-state index contributed by atoms with van der Waals surface area (Å²) in [6, 6.07) is 8.60. The molecule has 35 heavy (non-hydrogen) atoms. The normalized spacial score (nSPS) is 16.7. The molecule has 0 unspecified atom stereocenters. The minimum atomic E-state index is -0.331. The second-order valence-electron chi connectivity index (χ2n) is 9.63. The number of anilines is 1. The first-order chi connectivity index (χ1) is 16.8. The number of nitrogens with one attached hydrogen (secondary N) is 2. The van der Waals surface area contributed by atoms with Crippen molar-refractivity contribution >= 4 is 22.4 Å². The maximum atomic E-state index is 13.3. The van der Waals surface area contributed by atoms with Crippen molar-refractivity contribution in [3.63, 3.8) is 0 Å². The van der Waals surface area contributed by atoms with Crippen LogP contribution in [0.25, 0.3) is 16.6 Å². The fourth-order valence-corrected chi connectivity index (χ4v) is 4.64. The molecule has 1 saturated heterocycles. The Balaban J connectivity index is 1.82. The summed E-state index contributed by atoms with van der Waals surface area (Å²) in [7, 11) is 1.54. The first kappa shape index (κ1) is 24.7. The molecule has 0 amide bonds. The minimum absolute atomic E-state index is 0.198. The van der Waals surface area contributed by atoms with Gasteiger partial charge in [-0.1, -0.05) is 56.3 Å². The molecule has 1 aromatic carbocycles. The molecule has 2 aromatic heterocycles. The van der Waals surface area contributed by atoms with E-state index in [1.54, 1.807) is 11.6 Å². The zero-order valence-corrected chi connectivity index (χ0v) is 21.3. The molecule has 4 rings (SSSR count). The number of hydrogen-bond donors (Lipinski definition) is 2. The van der Waals surface area contributed by atoms with Gasteiger partial charge in [0.2, 0.25) is 0 Å². The molecule has 1 aliphatic rings. The average molecular weight is 477 g/mol. The zero-order valence-electron chi connectivity index (χ0n) is 21.3. The Morgan fingerprint density at radius 2 is 1.97 bits per heavy atom. The van der Waals surface area contributed by atoms with Gasteiger partial charge in [0.15, 0.2) is 5.65 Å². The summed E-state index contributed by atoms with van der Waals surface area (Å²) in [4.78, 5) is 26.3. The van der Waals surface area contributed by atoms with Crippen LogP contribution in [0.4, 0.5) is 5.82 Å². The van der Waals surface area contributed by atoms with Gasteiger partial charge < -0.3 is 10.6 Å². The van der Waals surface area contributed by atoms with Gasteiger partial charge in [-0.25, -0.2) is 9.48 Å². The highest BCUT2D eigenvalue weighted by Gasteiger charge is 2.24. The SMILES string of the molecule is CC=CC(=CC)c1ccc(Cn2nc3c(c2N[C@H]2CCNC2)c(=O)n(C)c(=O)n3CC(C)C)cc1. The molecule has 0 saturated carbocycles. The van der Waals surface area contributed by atoms with Crippen LogP contribution in [0.2, 0.25) is 0 Å². The minimum Gasteiger partial charge on any atom is -0.365 e. The summed E-state index contributed by atoms with van der Waals surface area (Å²) in [6.45, 7) is 10.9. The highest BCUT2D eigenvalue weighted by Crippen LogP contribution is 2.24. The van der Waals surface area contributed by atoms with Gasteiger partial charge in [-0.3, -0.25) is 13.9 Å². The van der Waals surface area contributed by atoms with E-state index in [0.29, 0.717) is 29.9 Å². The van der Waals surface area contributed by atoms with Crippen LogP contribution >= 0.6 is 0 Å². The van der Waals surface area contributed by atoms with Gasteiger partial charge in [0.25, 0.3) is 5.56 Å². The Morgan fingerprint density at radius 3 is 2.57 bits per heavy atom. The smallest absolute Gasteiger partial charge is 0.332 e. The number of nitrogens with zero attached hydrogens (tertiary/aromatic N) is 4. The van der Waals surface area contributed by atoms with Gasteiger partial charge in [0, 0.05) is 26.2 Å². The van der Waals surface area contributed by atoms with Crippen LogP contribution in [0.15, 0.2) is 52.1 Å². The first-order valence-electron chi connectivity index (χ1n) is 12.4. The highest BCUT2D eigenvalue weighted by molar-refractivity contribution is 5.87. The number of allylic oxidation sites excluding steroid dienone is 4. The molecule has 1 atom stereocenters. The molecule has 8 nitrogen and oxygen atoms in total. The molecule has 1 fully saturated rings. The number of benzene rings is 1. The summed E-state index contributed by atoms with van der Waals surface area (Å²) < 4.78 is 4.68. The molecule has 186 valence electrons. The monoisotopic (exact) mass is 476 g/mol. The Bertz CT molecular complexity index is 1370. The van der Waals surface area contributed by atoms with E-state index in [-0.39, 0.29) is 23.2 Å². The lowest BCUT2D eigenvalue weighted by Gasteiger charge is -2.15. The highest BCUT2D eigenvalue weighted by atomic mass is 16.2. The largest absolute Gasteiger partial charge is 0.365 e. The Morgan fingerprint density at radius 1 is 1.23 bits per heavy atom. The quantitative estimate of drug-likeness (QED) is 0.487. The summed E-state index contributed by atoms with van der Waals surface area (Å²) in [5.41, 5.74) is 3.18. The van der Waals surface area contributed by atoms with Gasteiger partial charge in [-0.05, 0) is 49.4 Å². The summed E-state index contributed by atoms with van der Waals surface area (Å²) in [5, 5.41) is 12.2. The molecule has 0 spiro atoms. The molecule has 0 bridgehead atoms. The molecule has 0 radical (unpaired) electrons. The van der Waals surface area contributed by atoms with Crippen molar-refractivity contribution in [1.29, 1.82) is 0 Å². The molecule has 3 heterocycles. The standard InChI is InChI=1S/C27H36N6O2/c1-6-8-20(7-2)21-11-9-19(10-12-21)17-33-24(29-22-13-14-28-15-22)23-25(30-33)32(16-18(3)4)27(35)31(5)26(23)34/h6-12,18,22,28-29H,13-17H2,1-5H3/t22-/m0/s1. The topological polar surface area (TPSA) is 85.9 Å².